The van der Waals surface area contributed by atoms with Crippen LogP contribution in [0.2, 0.25) is 0 Å². The van der Waals surface area contributed by atoms with E-state index in [9.17, 15) is 5.11 Å². The summed E-state index contributed by atoms with van der Waals surface area (Å²) in [4.78, 5) is 3.20. The Bertz CT molecular complexity index is 684. The summed E-state index contributed by atoms with van der Waals surface area (Å²) in [5.74, 6) is 0.937. The molecule has 3 rings (SSSR count). The molecule has 0 bridgehead atoms. The standard InChI is InChI=1S/C13H13N3O2/c14-4-3-9-7-15-18-13(9)12-5-8-1-2-10(17)6-11(8)16-12/h1-2,5-7,16-17H,3-4,14H2. The number of aromatic nitrogens is 2. The van der Waals surface area contributed by atoms with Crippen LogP contribution in [0.5, 0.6) is 5.75 Å². The minimum absolute atomic E-state index is 0.232. The number of fused-ring (bicyclic) bond motifs is 1. The smallest absolute Gasteiger partial charge is 0.186 e. The first-order valence-corrected chi connectivity index (χ1v) is 5.73. The van der Waals surface area contributed by atoms with Gasteiger partial charge in [0.05, 0.1) is 11.9 Å². The van der Waals surface area contributed by atoms with E-state index >= 15 is 0 Å². The van der Waals surface area contributed by atoms with Crippen molar-refractivity contribution in [1.82, 2.24) is 10.1 Å². The van der Waals surface area contributed by atoms with Crippen molar-refractivity contribution in [2.24, 2.45) is 5.73 Å². The van der Waals surface area contributed by atoms with Gasteiger partial charge in [0.1, 0.15) is 5.75 Å². The summed E-state index contributed by atoms with van der Waals surface area (Å²) in [5.41, 5.74) is 8.23. The van der Waals surface area contributed by atoms with Crippen LogP contribution in [0.4, 0.5) is 0 Å². The fourth-order valence-electron chi connectivity index (χ4n) is 2.05. The molecule has 0 aliphatic heterocycles. The van der Waals surface area contributed by atoms with E-state index in [1.54, 1.807) is 18.3 Å². The molecule has 0 saturated heterocycles. The maximum Gasteiger partial charge on any atom is 0.186 e. The summed E-state index contributed by atoms with van der Waals surface area (Å²) in [6.45, 7) is 0.551. The van der Waals surface area contributed by atoms with Crippen LogP contribution < -0.4 is 5.73 Å². The zero-order chi connectivity index (χ0) is 12.5. The number of nitrogens with one attached hydrogen (secondary N) is 1. The summed E-state index contributed by atoms with van der Waals surface area (Å²) in [6, 6.07) is 7.15. The Balaban J connectivity index is 2.10. The predicted octanol–water partition coefficient (Wildman–Crippen LogP) is 2.03. The zero-order valence-electron chi connectivity index (χ0n) is 9.68. The lowest BCUT2D eigenvalue weighted by Crippen LogP contribution is -2.02. The molecule has 0 saturated carbocycles. The lowest BCUT2D eigenvalue weighted by atomic mass is 10.1. The van der Waals surface area contributed by atoms with Crippen LogP contribution in [0.15, 0.2) is 35.0 Å². The topological polar surface area (TPSA) is 88.1 Å². The van der Waals surface area contributed by atoms with E-state index in [0.29, 0.717) is 12.3 Å². The van der Waals surface area contributed by atoms with Crippen molar-refractivity contribution in [2.75, 3.05) is 6.54 Å². The number of aromatic amines is 1. The highest BCUT2D eigenvalue weighted by atomic mass is 16.5. The van der Waals surface area contributed by atoms with Crippen molar-refractivity contribution in [2.45, 2.75) is 6.42 Å². The number of aromatic hydroxyl groups is 1. The zero-order valence-corrected chi connectivity index (χ0v) is 9.68. The molecular weight excluding hydrogens is 230 g/mol. The van der Waals surface area contributed by atoms with Crippen LogP contribution in [-0.4, -0.2) is 21.8 Å². The number of H-pyrrole nitrogens is 1. The van der Waals surface area contributed by atoms with Crippen molar-refractivity contribution in [1.29, 1.82) is 0 Å². The highest BCUT2D eigenvalue weighted by Crippen LogP contribution is 2.28. The molecule has 1 aromatic carbocycles. The second kappa shape index (κ2) is 4.19. The van der Waals surface area contributed by atoms with E-state index in [-0.39, 0.29) is 5.75 Å². The molecule has 18 heavy (non-hydrogen) atoms. The van der Waals surface area contributed by atoms with Gasteiger partial charge in [-0.05, 0) is 31.2 Å². The van der Waals surface area contributed by atoms with Gasteiger partial charge in [-0.1, -0.05) is 5.16 Å². The molecule has 2 heterocycles. The first-order valence-electron chi connectivity index (χ1n) is 5.73. The number of benzene rings is 1. The quantitative estimate of drug-likeness (QED) is 0.656. The lowest BCUT2D eigenvalue weighted by molar-refractivity contribution is 0.430. The molecule has 0 amide bonds. The number of rotatable bonds is 3. The van der Waals surface area contributed by atoms with Crippen LogP contribution in [0.25, 0.3) is 22.4 Å². The molecule has 5 nitrogen and oxygen atoms in total. The van der Waals surface area contributed by atoms with E-state index in [1.165, 1.54) is 0 Å². The van der Waals surface area contributed by atoms with Crippen molar-refractivity contribution in [3.63, 3.8) is 0 Å². The van der Waals surface area contributed by atoms with Crippen molar-refractivity contribution in [3.8, 4) is 17.2 Å². The molecule has 0 atom stereocenters. The number of phenolic OH excluding ortho intramolecular Hbond substituents is 1. The van der Waals surface area contributed by atoms with Gasteiger partial charge in [-0.15, -0.1) is 0 Å². The van der Waals surface area contributed by atoms with Gasteiger partial charge in [-0.3, -0.25) is 0 Å². The van der Waals surface area contributed by atoms with Gasteiger partial charge in [-0.2, -0.15) is 0 Å². The molecule has 0 radical (unpaired) electrons. The number of nitrogens with two attached hydrogens (primary N) is 1. The van der Waals surface area contributed by atoms with E-state index < -0.39 is 0 Å². The second-order valence-electron chi connectivity index (χ2n) is 4.17. The van der Waals surface area contributed by atoms with E-state index in [1.807, 2.05) is 12.1 Å². The molecule has 0 aliphatic rings. The van der Waals surface area contributed by atoms with Gasteiger partial charge in [-0.25, -0.2) is 0 Å². The maximum atomic E-state index is 9.44. The van der Waals surface area contributed by atoms with Crippen LogP contribution in [0.1, 0.15) is 5.56 Å². The Hall–Kier alpha value is -2.27. The van der Waals surface area contributed by atoms with Crippen molar-refractivity contribution < 1.29 is 9.63 Å². The maximum absolute atomic E-state index is 9.44. The van der Waals surface area contributed by atoms with Crippen molar-refractivity contribution in [3.05, 3.63) is 36.0 Å². The lowest BCUT2D eigenvalue weighted by Gasteiger charge is -1.95. The highest BCUT2D eigenvalue weighted by molar-refractivity contribution is 5.86. The number of nitrogens with zero attached hydrogens (tertiary/aromatic N) is 1. The van der Waals surface area contributed by atoms with Crippen LogP contribution in [0, 0.1) is 0 Å². The Morgan fingerprint density at radius 1 is 1.33 bits per heavy atom. The van der Waals surface area contributed by atoms with E-state index in [2.05, 4.69) is 10.1 Å². The monoisotopic (exact) mass is 243 g/mol. The molecule has 0 fully saturated rings. The van der Waals surface area contributed by atoms with Gasteiger partial charge >= 0.3 is 0 Å². The van der Waals surface area contributed by atoms with Gasteiger partial charge in [0, 0.05) is 22.5 Å². The SMILES string of the molecule is NCCc1cnoc1-c1cc2ccc(O)cc2[nH]1. The largest absolute Gasteiger partial charge is 0.508 e. The van der Waals surface area contributed by atoms with Gasteiger partial charge in [0.25, 0.3) is 0 Å². The van der Waals surface area contributed by atoms with Gasteiger partial charge < -0.3 is 20.3 Å². The molecular formula is C13H13N3O2. The van der Waals surface area contributed by atoms with Gasteiger partial charge in [0.15, 0.2) is 5.76 Å². The molecule has 5 heteroatoms. The normalized spacial score (nSPS) is 11.2. The summed E-state index contributed by atoms with van der Waals surface area (Å²) in [6.07, 6.45) is 2.41. The Labute approximate surface area is 103 Å². The van der Waals surface area contributed by atoms with E-state index in [0.717, 1.165) is 28.6 Å². The van der Waals surface area contributed by atoms with Crippen LogP contribution in [0.3, 0.4) is 0 Å². The third-order valence-electron chi connectivity index (χ3n) is 2.91. The highest BCUT2D eigenvalue weighted by Gasteiger charge is 2.12. The molecule has 0 aliphatic carbocycles. The molecule has 3 aromatic rings. The third kappa shape index (κ3) is 1.74. The first kappa shape index (κ1) is 10.9. The number of phenols is 1. The summed E-state index contributed by atoms with van der Waals surface area (Å²) >= 11 is 0. The minimum Gasteiger partial charge on any atom is -0.508 e. The minimum atomic E-state index is 0.232. The average molecular weight is 243 g/mol. The van der Waals surface area contributed by atoms with Gasteiger partial charge in [0.2, 0.25) is 0 Å². The summed E-state index contributed by atoms with van der Waals surface area (Å²) in [5, 5.41) is 14.3. The molecule has 0 spiro atoms. The van der Waals surface area contributed by atoms with E-state index in [4.69, 9.17) is 10.3 Å². The van der Waals surface area contributed by atoms with Crippen LogP contribution in [-0.2, 0) is 6.42 Å². The number of hydrogen-bond donors (Lipinski definition) is 3. The molecule has 92 valence electrons. The average Bonchev–Trinajstić information content (AvgIpc) is 2.94. The third-order valence-corrected chi connectivity index (χ3v) is 2.91. The van der Waals surface area contributed by atoms with Crippen LogP contribution >= 0.6 is 0 Å². The first-order chi connectivity index (χ1) is 8.78. The predicted molar refractivity (Wildman–Crippen MR) is 68.2 cm³/mol. The number of hydrogen-bond acceptors (Lipinski definition) is 4. The fourth-order valence-corrected chi connectivity index (χ4v) is 2.05. The Kier molecular flexibility index (Phi) is 2.53. The Morgan fingerprint density at radius 2 is 2.22 bits per heavy atom. The molecule has 4 N–H and O–H groups in total. The molecule has 0 unspecified atom stereocenters. The molecule has 2 aromatic heterocycles. The fraction of sp³-hybridized carbons (Fsp3) is 0.154. The van der Waals surface area contributed by atoms with Crippen molar-refractivity contribution >= 4 is 10.9 Å². The second-order valence-corrected chi connectivity index (χ2v) is 4.17. The summed E-state index contributed by atoms with van der Waals surface area (Å²) in [7, 11) is 0. The summed E-state index contributed by atoms with van der Waals surface area (Å²) < 4.78 is 5.26. The Morgan fingerprint density at radius 3 is 3.06 bits per heavy atom.